The number of aromatic nitrogens is 3. The van der Waals surface area contributed by atoms with Crippen LogP contribution in [0.1, 0.15) is 31.9 Å². The van der Waals surface area contributed by atoms with Crippen LogP contribution in [0.15, 0.2) is 61.1 Å². The number of aryl methyl sites for hydroxylation is 1. The number of nitrogens with zero attached hydrogens (tertiary/aromatic N) is 3. The third-order valence-electron chi connectivity index (χ3n) is 6.28. The van der Waals surface area contributed by atoms with E-state index in [4.69, 9.17) is 9.47 Å². The maximum Gasteiger partial charge on any atom is 0.416 e. The Labute approximate surface area is 231 Å². The summed E-state index contributed by atoms with van der Waals surface area (Å²) in [6.07, 6.45) is -1.15. The summed E-state index contributed by atoms with van der Waals surface area (Å²) in [5.41, 5.74) is 2.09. The van der Waals surface area contributed by atoms with Crippen LogP contribution in [0.25, 0.3) is 11.0 Å². The van der Waals surface area contributed by atoms with Gasteiger partial charge in [0.15, 0.2) is 15.7 Å². The fourth-order valence-corrected chi connectivity index (χ4v) is 4.84. The Morgan fingerprint density at radius 2 is 1.77 bits per heavy atom. The van der Waals surface area contributed by atoms with Crippen LogP contribution in [-0.2, 0) is 27.3 Å². The summed E-state index contributed by atoms with van der Waals surface area (Å²) in [7, 11) is -3.26. The van der Waals surface area contributed by atoms with Gasteiger partial charge in [-0.05, 0) is 75.7 Å². The summed E-state index contributed by atoms with van der Waals surface area (Å²) in [5, 5.41) is 3.28. The summed E-state index contributed by atoms with van der Waals surface area (Å²) in [5.74, 6) is 1.02. The molecule has 0 saturated heterocycles. The van der Waals surface area contributed by atoms with Crippen LogP contribution in [0.4, 0.5) is 24.7 Å². The van der Waals surface area contributed by atoms with Gasteiger partial charge in [0, 0.05) is 18.4 Å². The van der Waals surface area contributed by atoms with Crippen LogP contribution < -0.4 is 10.1 Å². The zero-order valence-corrected chi connectivity index (χ0v) is 23.4. The molecule has 0 fully saturated rings. The highest BCUT2D eigenvalue weighted by Crippen LogP contribution is 2.34. The van der Waals surface area contributed by atoms with Crippen molar-refractivity contribution >= 4 is 32.4 Å². The molecule has 0 aliphatic rings. The smallest absolute Gasteiger partial charge is 0.416 e. The number of benzene rings is 2. The molecule has 0 bridgehead atoms. The van der Waals surface area contributed by atoms with Crippen molar-refractivity contribution in [2.45, 2.75) is 45.2 Å². The van der Waals surface area contributed by atoms with Gasteiger partial charge in [-0.15, -0.1) is 0 Å². The zero-order chi connectivity index (χ0) is 29.1. The molecule has 0 amide bonds. The molecule has 2 heterocycles. The quantitative estimate of drug-likeness (QED) is 0.215. The molecule has 0 saturated carbocycles. The molecule has 40 heavy (non-hydrogen) atoms. The van der Waals surface area contributed by atoms with Crippen LogP contribution in [0, 0.1) is 6.92 Å². The van der Waals surface area contributed by atoms with Crippen molar-refractivity contribution in [2.75, 3.05) is 24.3 Å². The molecular weight excluding hydrogens is 545 g/mol. The highest BCUT2D eigenvalue weighted by molar-refractivity contribution is 7.92. The summed E-state index contributed by atoms with van der Waals surface area (Å²) < 4.78 is 76.1. The lowest BCUT2D eigenvalue weighted by molar-refractivity contribution is -0.137. The number of sulfone groups is 1. The molecule has 2 aromatic heterocycles. The van der Waals surface area contributed by atoms with E-state index in [0.29, 0.717) is 41.5 Å². The largest absolute Gasteiger partial charge is 0.457 e. The van der Waals surface area contributed by atoms with Gasteiger partial charge in [0.05, 0.1) is 34.8 Å². The van der Waals surface area contributed by atoms with Crippen molar-refractivity contribution in [3.05, 3.63) is 72.2 Å². The van der Waals surface area contributed by atoms with Crippen LogP contribution in [0.2, 0.25) is 0 Å². The topological polar surface area (TPSA) is 95.3 Å². The molecule has 0 unspecified atom stereocenters. The normalized spacial score (nSPS) is 12.6. The van der Waals surface area contributed by atoms with Gasteiger partial charge in [-0.3, -0.25) is 0 Å². The van der Waals surface area contributed by atoms with Crippen molar-refractivity contribution in [2.24, 2.45) is 0 Å². The molecule has 0 aliphatic carbocycles. The van der Waals surface area contributed by atoms with Crippen molar-refractivity contribution < 1.29 is 31.1 Å². The monoisotopic (exact) mass is 576 g/mol. The number of nitrogens with one attached hydrogen (secondary N) is 1. The second-order valence-corrected chi connectivity index (χ2v) is 13.1. The Kier molecular flexibility index (Phi) is 8.41. The average Bonchev–Trinajstić information content (AvgIpc) is 3.28. The molecule has 12 heteroatoms. The van der Waals surface area contributed by atoms with E-state index in [1.807, 2.05) is 22.9 Å². The summed E-state index contributed by atoms with van der Waals surface area (Å²) in [6.45, 7) is 7.67. The highest BCUT2D eigenvalue weighted by atomic mass is 32.2. The lowest BCUT2D eigenvalue weighted by atomic mass is 10.2. The van der Waals surface area contributed by atoms with Gasteiger partial charge in [-0.1, -0.05) is 6.07 Å². The van der Waals surface area contributed by atoms with Gasteiger partial charge in [-0.25, -0.2) is 18.4 Å². The van der Waals surface area contributed by atoms with E-state index >= 15 is 0 Å². The first-order chi connectivity index (χ1) is 18.7. The van der Waals surface area contributed by atoms with Gasteiger partial charge < -0.3 is 19.4 Å². The molecule has 4 aromatic rings. The fraction of sp³-hybridized carbons (Fsp3) is 0.357. The molecule has 214 valence electrons. The molecule has 0 atom stereocenters. The number of hydrogen-bond donors (Lipinski definition) is 1. The third kappa shape index (κ3) is 6.92. The van der Waals surface area contributed by atoms with Gasteiger partial charge in [-0.2, -0.15) is 13.2 Å². The summed E-state index contributed by atoms with van der Waals surface area (Å²) >= 11 is 0. The first-order valence-electron chi connectivity index (χ1n) is 12.6. The van der Waals surface area contributed by atoms with Crippen LogP contribution in [0.3, 0.4) is 0 Å². The minimum atomic E-state index is -4.46. The SMILES string of the molecule is Cc1cc(Nc2ncnc3ccn(CCOCCS(=O)(=O)C(C)(C)C)c23)ccc1Oc1cccc(C(F)(F)F)c1. The zero-order valence-electron chi connectivity index (χ0n) is 22.6. The van der Waals surface area contributed by atoms with Gasteiger partial charge in [0.25, 0.3) is 0 Å². The van der Waals surface area contributed by atoms with Crippen LogP contribution >= 0.6 is 0 Å². The number of fused-ring (bicyclic) bond motifs is 1. The maximum atomic E-state index is 13.0. The minimum Gasteiger partial charge on any atom is -0.457 e. The standard InChI is InChI=1S/C28H31F3N4O4S/c1-19-16-21(8-9-24(19)39-22-7-5-6-20(17-22)28(29,30)31)34-26-25-23(32-18-33-26)10-11-35(25)12-13-38-14-15-40(36,37)27(2,3)4/h5-11,16-18H,12-15H2,1-4H3,(H,32,33,34). The Balaban J connectivity index is 1.44. The summed E-state index contributed by atoms with van der Waals surface area (Å²) in [4.78, 5) is 8.71. The second kappa shape index (κ2) is 11.5. The van der Waals surface area contributed by atoms with E-state index in [-0.39, 0.29) is 18.1 Å². The lowest BCUT2D eigenvalue weighted by Gasteiger charge is -2.19. The molecule has 4 rings (SSSR count). The predicted molar refractivity (Wildman–Crippen MR) is 148 cm³/mol. The number of hydrogen-bond acceptors (Lipinski definition) is 7. The maximum absolute atomic E-state index is 13.0. The van der Waals surface area contributed by atoms with Gasteiger partial charge in [0.1, 0.15) is 23.3 Å². The van der Waals surface area contributed by atoms with E-state index in [0.717, 1.165) is 17.6 Å². The molecule has 0 radical (unpaired) electrons. The van der Waals surface area contributed by atoms with Gasteiger partial charge >= 0.3 is 6.18 Å². The van der Waals surface area contributed by atoms with E-state index in [1.165, 1.54) is 18.5 Å². The first kappa shape index (κ1) is 29.3. The molecular formula is C28H31F3N4O4S. The number of alkyl halides is 3. The van der Waals surface area contributed by atoms with E-state index in [2.05, 4.69) is 15.3 Å². The lowest BCUT2D eigenvalue weighted by Crippen LogP contribution is -2.32. The Hall–Kier alpha value is -3.64. The summed E-state index contributed by atoms with van der Waals surface area (Å²) in [6, 6.07) is 11.8. The van der Waals surface area contributed by atoms with Crippen molar-refractivity contribution in [1.29, 1.82) is 0 Å². The number of ether oxygens (including phenoxy) is 2. The van der Waals surface area contributed by atoms with Crippen molar-refractivity contribution in [3.8, 4) is 11.5 Å². The Morgan fingerprint density at radius 3 is 2.48 bits per heavy atom. The molecule has 2 aromatic carbocycles. The van der Waals surface area contributed by atoms with Gasteiger partial charge in [0.2, 0.25) is 0 Å². The van der Waals surface area contributed by atoms with Crippen molar-refractivity contribution in [3.63, 3.8) is 0 Å². The van der Waals surface area contributed by atoms with E-state index in [1.54, 1.807) is 39.8 Å². The van der Waals surface area contributed by atoms with Crippen LogP contribution in [-0.4, -0.2) is 46.7 Å². The van der Waals surface area contributed by atoms with Crippen molar-refractivity contribution in [1.82, 2.24) is 14.5 Å². The van der Waals surface area contributed by atoms with E-state index < -0.39 is 26.3 Å². The Morgan fingerprint density at radius 1 is 1.00 bits per heavy atom. The highest BCUT2D eigenvalue weighted by Gasteiger charge is 2.31. The number of rotatable bonds is 10. The fourth-order valence-electron chi connectivity index (χ4n) is 3.89. The molecule has 1 N–H and O–H groups in total. The number of anilines is 2. The minimum absolute atomic E-state index is 0.0499. The second-order valence-electron chi connectivity index (χ2n) is 10.2. The average molecular weight is 577 g/mol. The Bertz CT molecular complexity index is 1600. The number of halogens is 3. The molecule has 0 spiro atoms. The van der Waals surface area contributed by atoms with E-state index in [9.17, 15) is 21.6 Å². The third-order valence-corrected chi connectivity index (χ3v) is 8.85. The molecule has 8 nitrogen and oxygen atoms in total. The molecule has 0 aliphatic heterocycles. The first-order valence-corrected chi connectivity index (χ1v) is 14.2. The van der Waals surface area contributed by atoms with Crippen LogP contribution in [0.5, 0.6) is 11.5 Å². The predicted octanol–water partition coefficient (Wildman–Crippen LogP) is 6.52.